The molecule has 9 nitrogen and oxygen atoms in total. The summed E-state index contributed by atoms with van der Waals surface area (Å²) in [6, 6.07) is 7.34. The summed E-state index contributed by atoms with van der Waals surface area (Å²) in [5.74, 6) is 0.930. The van der Waals surface area contributed by atoms with Gasteiger partial charge in [0.1, 0.15) is 17.6 Å². The Morgan fingerprint density at radius 3 is 2.78 bits per heavy atom. The van der Waals surface area contributed by atoms with Gasteiger partial charge in [0.25, 0.3) is 0 Å². The normalized spacial score (nSPS) is 18.1. The number of benzene rings is 1. The first kappa shape index (κ1) is 25.1. The number of rotatable bonds is 7. The minimum absolute atomic E-state index is 0.292. The Bertz CT molecular complexity index is 1430. The van der Waals surface area contributed by atoms with Gasteiger partial charge in [0, 0.05) is 30.6 Å². The lowest BCUT2D eigenvalue weighted by Crippen LogP contribution is -2.55. The number of aromatic nitrogens is 5. The van der Waals surface area contributed by atoms with Gasteiger partial charge in [0.05, 0.1) is 42.6 Å². The van der Waals surface area contributed by atoms with Gasteiger partial charge in [-0.15, -0.1) is 0 Å². The molecule has 4 heterocycles. The summed E-state index contributed by atoms with van der Waals surface area (Å²) in [5, 5.41) is 0.495. The van der Waals surface area contributed by atoms with Crippen molar-refractivity contribution < 1.29 is 13.5 Å². The van der Waals surface area contributed by atoms with E-state index in [0.29, 0.717) is 65.9 Å². The number of hydrogen-bond donors (Lipinski definition) is 2. The average Bonchev–Trinajstić information content (AvgIpc) is 3.27. The predicted molar refractivity (Wildman–Crippen MR) is 139 cm³/mol. The number of imidazole rings is 1. The van der Waals surface area contributed by atoms with E-state index in [9.17, 15) is 8.78 Å². The fraction of sp³-hybridized carbons (Fsp3) is 0.360. The van der Waals surface area contributed by atoms with E-state index in [1.165, 1.54) is 6.33 Å². The third-order valence-electron chi connectivity index (χ3n) is 6.70. The number of hydrogen-bond acceptors (Lipinski definition) is 8. The Morgan fingerprint density at radius 2 is 2.03 bits per heavy atom. The van der Waals surface area contributed by atoms with E-state index in [4.69, 9.17) is 27.8 Å². The smallest absolute Gasteiger partial charge is 0.240 e. The molecule has 5 rings (SSSR count). The van der Waals surface area contributed by atoms with Crippen LogP contribution in [0.5, 0.6) is 5.75 Å². The van der Waals surface area contributed by atoms with Crippen molar-refractivity contribution in [3.63, 3.8) is 0 Å². The topological polar surface area (TPSA) is 121 Å². The number of nitrogens with two attached hydrogens (primary N) is 2. The van der Waals surface area contributed by atoms with Crippen LogP contribution in [-0.4, -0.2) is 56.7 Å². The van der Waals surface area contributed by atoms with Crippen LogP contribution in [0.25, 0.3) is 22.4 Å². The Balaban J connectivity index is 1.57. The van der Waals surface area contributed by atoms with E-state index in [-0.39, 0.29) is 6.42 Å². The molecular weight excluding hydrogens is 502 g/mol. The van der Waals surface area contributed by atoms with Crippen molar-refractivity contribution in [2.45, 2.75) is 37.8 Å². The molecule has 1 aliphatic heterocycles. The summed E-state index contributed by atoms with van der Waals surface area (Å²) in [7, 11) is 1.58. The van der Waals surface area contributed by atoms with Crippen LogP contribution >= 0.6 is 11.6 Å². The number of nitrogens with zero attached hydrogens (tertiary/aromatic N) is 6. The molecule has 1 saturated heterocycles. The number of ether oxygens (including phenoxy) is 1. The van der Waals surface area contributed by atoms with Crippen LogP contribution in [0.2, 0.25) is 5.02 Å². The lowest BCUT2D eigenvalue weighted by atomic mass is 9.86. The van der Waals surface area contributed by atoms with Gasteiger partial charge in [-0.05, 0) is 42.7 Å². The summed E-state index contributed by atoms with van der Waals surface area (Å²) in [6.07, 6.45) is 3.22. The summed E-state index contributed by atoms with van der Waals surface area (Å²) in [6.45, 7) is 1.36. The Kier molecular flexibility index (Phi) is 6.82. The maximum absolute atomic E-state index is 13.3. The summed E-state index contributed by atoms with van der Waals surface area (Å²) >= 11 is 6.54. The van der Waals surface area contributed by atoms with Crippen LogP contribution in [0, 0.1) is 0 Å². The molecule has 0 radical (unpaired) electrons. The van der Waals surface area contributed by atoms with Crippen LogP contribution in [-0.2, 0) is 6.54 Å². The van der Waals surface area contributed by atoms with Crippen LogP contribution in [0.15, 0.2) is 43.1 Å². The van der Waals surface area contributed by atoms with Crippen molar-refractivity contribution in [1.29, 1.82) is 0 Å². The molecule has 1 atom stereocenters. The highest BCUT2D eigenvalue weighted by atomic mass is 35.5. The van der Waals surface area contributed by atoms with Crippen molar-refractivity contribution in [1.82, 2.24) is 24.5 Å². The second kappa shape index (κ2) is 10.1. The van der Waals surface area contributed by atoms with Gasteiger partial charge < -0.3 is 25.7 Å². The minimum Gasteiger partial charge on any atom is -0.497 e. The Morgan fingerprint density at radius 1 is 1.19 bits per heavy atom. The first-order valence-corrected chi connectivity index (χ1v) is 12.2. The largest absolute Gasteiger partial charge is 0.497 e. The Labute approximate surface area is 217 Å². The highest BCUT2D eigenvalue weighted by Gasteiger charge is 2.35. The van der Waals surface area contributed by atoms with Crippen molar-refractivity contribution >= 4 is 34.3 Å². The maximum Gasteiger partial charge on any atom is 0.240 e. The van der Waals surface area contributed by atoms with Crippen LogP contribution < -0.4 is 21.1 Å². The SMILES string of the molecule is COc1ccc(-c2cc(Cn3cnc4c(N)ncnc43)c(N3CCC[C@](N)(CC(F)F)C3)cn2)c(Cl)c1. The van der Waals surface area contributed by atoms with Gasteiger partial charge in [-0.3, -0.25) is 4.98 Å². The first-order valence-electron chi connectivity index (χ1n) is 11.8. The standard InChI is InChI=1S/C25H27ClF2N8O/c1-37-16-3-4-17(18(26)8-16)19-7-15(11-36-14-34-22-23(29)32-13-33-24(22)36)20(10-31-19)35-6-2-5-25(30,12-35)9-21(27)28/h3-4,7-8,10,13-14,21H,2,5-6,9,11-12,30H2,1H3,(H2,29,32,33)/t25-/m0/s1. The second-order valence-corrected chi connectivity index (χ2v) is 9.74. The van der Waals surface area contributed by atoms with Gasteiger partial charge >= 0.3 is 0 Å². The summed E-state index contributed by atoms with van der Waals surface area (Å²) in [5.41, 5.74) is 15.6. The highest BCUT2D eigenvalue weighted by Crippen LogP contribution is 2.35. The lowest BCUT2D eigenvalue weighted by Gasteiger charge is -2.42. The second-order valence-electron chi connectivity index (χ2n) is 9.33. The van der Waals surface area contributed by atoms with E-state index >= 15 is 0 Å². The predicted octanol–water partition coefficient (Wildman–Crippen LogP) is 4.13. The van der Waals surface area contributed by atoms with Crippen LogP contribution in [0.3, 0.4) is 0 Å². The zero-order chi connectivity index (χ0) is 26.2. The molecule has 4 N–H and O–H groups in total. The number of alkyl halides is 2. The summed E-state index contributed by atoms with van der Waals surface area (Å²) < 4.78 is 33.7. The molecule has 37 heavy (non-hydrogen) atoms. The Hall–Kier alpha value is -3.57. The van der Waals surface area contributed by atoms with Gasteiger partial charge in [0.2, 0.25) is 6.43 Å². The molecule has 0 saturated carbocycles. The van der Waals surface area contributed by atoms with E-state index in [2.05, 4.69) is 19.9 Å². The van der Waals surface area contributed by atoms with Gasteiger partial charge in [-0.25, -0.2) is 23.7 Å². The fourth-order valence-corrected chi connectivity index (χ4v) is 5.18. The molecule has 0 aliphatic carbocycles. The van der Waals surface area contributed by atoms with E-state index in [0.717, 1.165) is 16.8 Å². The third-order valence-corrected chi connectivity index (χ3v) is 7.01. The number of fused-ring (bicyclic) bond motifs is 1. The van der Waals surface area contributed by atoms with Gasteiger partial charge in [-0.1, -0.05) is 11.6 Å². The molecule has 1 aliphatic rings. The number of nitrogen functional groups attached to an aromatic ring is 1. The molecule has 0 bridgehead atoms. The zero-order valence-corrected chi connectivity index (χ0v) is 21.0. The fourth-order valence-electron chi connectivity index (χ4n) is 4.92. The van der Waals surface area contributed by atoms with Gasteiger partial charge in [-0.2, -0.15) is 0 Å². The lowest BCUT2D eigenvalue weighted by molar-refractivity contribution is 0.0983. The van der Waals surface area contributed by atoms with Crippen molar-refractivity contribution in [2.24, 2.45) is 5.73 Å². The first-order chi connectivity index (χ1) is 17.8. The van der Waals surface area contributed by atoms with Crippen molar-refractivity contribution in [3.05, 3.63) is 53.7 Å². The number of methoxy groups -OCH3 is 1. The number of pyridine rings is 1. The zero-order valence-electron chi connectivity index (χ0n) is 20.2. The monoisotopic (exact) mass is 528 g/mol. The molecule has 1 fully saturated rings. The summed E-state index contributed by atoms with van der Waals surface area (Å²) in [4.78, 5) is 19.5. The molecule has 3 aromatic heterocycles. The highest BCUT2D eigenvalue weighted by molar-refractivity contribution is 6.33. The third kappa shape index (κ3) is 5.14. The number of halogens is 3. The molecule has 12 heteroatoms. The average molecular weight is 529 g/mol. The molecule has 194 valence electrons. The van der Waals surface area contributed by atoms with E-state index < -0.39 is 12.0 Å². The maximum atomic E-state index is 13.3. The van der Waals surface area contributed by atoms with Gasteiger partial charge in [0.15, 0.2) is 11.5 Å². The van der Waals surface area contributed by atoms with E-state index in [1.54, 1.807) is 25.7 Å². The minimum atomic E-state index is -2.47. The van der Waals surface area contributed by atoms with Crippen LogP contribution in [0.4, 0.5) is 20.3 Å². The van der Waals surface area contributed by atoms with Crippen LogP contribution in [0.1, 0.15) is 24.8 Å². The molecule has 0 amide bonds. The number of piperidine rings is 1. The van der Waals surface area contributed by atoms with Crippen molar-refractivity contribution in [3.8, 4) is 17.0 Å². The van der Waals surface area contributed by atoms with E-state index in [1.807, 2.05) is 27.7 Å². The number of anilines is 2. The molecular formula is C25H27ClF2N8O. The molecule has 4 aromatic rings. The molecule has 0 spiro atoms. The molecule has 0 unspecified atom stereocenters. The van der Waals surface area contributed by atoms with Crippen molar-refractivity contribution in [2.75, 3.05) is 30.8 Å². The quantitative estimate of drug-likeness (QED) is 0.367. The molecule has 1 aromatic carbocycles.